The summed E-state index contributed by atoms with van der Waals surface area (Å²) in [5, 5.41) is 0. The number of ether oxygens (including phenoxy) is 1. The zero-order valence-corrected chi connectivity index (χ0v) is 14.2. The third-order valence-corrected chi connectivity index (χ3v) is 5.34. The van der Waals surface area contributed by atoms with Crippen molar-refractivity contribution in [3.8, 4) is 5.75 Å². The zero-order valence-electron chi connectivity index (χ0n) is 12.6. The van der Waals surface area contributed by atoms with Crippen molar-refractivity contribution in [2.45, 2.75) is 46.0 Å². The van der Waals surface area contributed by atoms with Crippen LogP contribution in [0.4, 0.5) is 0 Å². The van der Waals surface area contributed by atoms with Crippen molar-refractivity contribution in [1.29, 1.82) is 0 Å². The number of halogens is 1. The van der Waals surface area contributed by atoms with Crippen LogP contribution in [0.25, 0.3) is 0 Å². The Kier molecular flexibility index (Phi) is 5.14. The van der Waals surface area contributed by atoms with E-state index in [1.807, 2.05) is 24.3 Å². The highest BCUT2D eigenvalue weighted by atomic mass is 79.9. The second-order valence-corrected chi connectivity index (χ2v) is 7.84. The van der Waals surface area contributed by atoms with E-state index in [2.05, 4.69) is 29.8 Å². The van der Waals surface area contributed by atoms with Gasteiger partial charge in [-0.05, 0) is 73.7 Å². The quantitative estimate of drug-likeness (QED) is 0.838. The summed E-state index contributed by atoms with van der Waals surface area (Å²) in [6.45, 7) is 6.28. The molecule has 1 fully saturated rings. The number of benzene rings is 1. The van der Waals surface area contributed by atoms with Crippen molar-refractivity contribution in [1.82, 2.24) is 0 Å². The number of hydrogen-bond donors (Lipinski definition) is 1. The van der Waals surface area contributed by atoms with Crippen molar-refractivity contribution in [2.75, 3.05) is 13.2 Å². The van der Waals surface area contributed by atoms with Crippen LogP contribution in [-0.4, -0.2) is 13.2 Å². The smallest absolute Gasteiger partial charge is 0.119 e. The lowest BCUT2D eigenvalue weighted by Gasteiger charge is -2.43. The van der Waals surface area contributed by atoms with Gasteiger partial charge in [0.15, 0.2) is 0 Å². The van der Waals surface area contributed by atoms with Gasteiger partial charge in [-0.1, -0.05) is 29.8 Å². The molecule has 2 N–H and O–H groups in total. The van der Waals surface area contributed by atoms with Crippen LogP contribution >= 0.6 is 15.9 Å². The second kappa shape index (κ2) is 6.48. The number of rotatable bonds is 5. The first-order valence-electron chi connectivity index (χ1n) is 7.53. The van der Waals surface area contributed by atoms with Gasteiger partial charge in [-0.15, -0.1) is 0 Å². The summed E-state index contributed by atoms with van der Waals surface area (Å²) >= 11 is 3.43. The summed E-state index contributed by atoms with van der Waals surface area (Å²) in [4.78, 5) is 0. The van der Waals surface area contributed by atoms with E-state index in [-0.39, 0.29) is 0 Å². The third kappa shape index (κ3) is 4.23. The fraction of sp³-hybridized carbons (Fsp3) is 0.647. The minimum absolute atomic E-state index is 0.297. The van der Waals surface area contributed by atoms with Crippen LogP contribution in [0.2, 0.25) is 0 Å². The molecule has 0 aromatic heterocycles. The maximum Gasteiger partial charge on any atom is 0.119 e. The first-order chi connectivity index (χ1) is 9.45. The van der Waals surface area contributed by atoms with Crippen LogP contribution in [0, 0.1) is 10.8 Å². The molecule has 0 aliphatic heterocycles. The van der Waals surface area contributed by atoms with Crippen molar-refractivity contribution in [3.63, 3.8) is 0 Å². The van der Waals surface area contributed by atoms with E-state index >= 15 is 0 Å². The van der Waals surface area contributed by atoms with E-state index in [0.29, 0.717) is 10.8 Å². The van der Waals surface area contributed by atoms with Crippen LogP contribution in [0.3, 0.4) is 0 Å². The molecule has 112 valence electrons. The molecule has 0 spiro atoms. The topological polar surface area (TPSA) is 35.2 Å². The molecule has 0 heterocycles. The Morgan fingerprint density at radius 1 is 1.10 bits per heavy atom. The normalized spacial score (nSPS) is 20.6. The highest BCUT2D eigenvalue weighted by Gasteiger charge is 2.37. The first kappa shape index (κ1) is 15.8. The lowest BCUT2D eigenvalue weighted by Crippen LogP contribution is -2.38. The summed E-state index contributed by atoms with van der Waals surface area (Å²) < 4.78 is 6.95. The van der Waals surface area contributed by atoms with E-state index in [4.69, 9.17) is 10.5 Å². The predicted molar refractivity (Wildman–Crippen MR) is 88.0 cm³/mol. The SMILES string of the molecule is CC1(C)CCC(CN)(CCOc2ccc(Br)cc2)CC1. The van der Waals surface area contributed by atoms with Crippen LogP contribution in [0.1, 0.15) is 46.0 Å². The highest BCUT2D eigenvalue weighted by molar-refractivity contribution is 9.10. The fourth-order valence-electron chi connectivity index (χ4n) is 2.93. The van der Waals surface area contributed by atoms with E-state index < -0.39 is 0 Å². The van der Waals surface area contributed by atoms with Crippen molar-refractivity contribution < 1.29 is 4.74 Å². The summed E-state index contributed by atoms with van der Waals surface area (Å²) in [6, 6.07) is 8.03. The molecule has 3 heteroatoms. The maximum absolute atomic E-state index is 6.06. The van der Waals surface area contributed by atoms with E-state index in [1.54, 1.807) is 0 Å². The van der Waals surface area contributed by atoms with Crippen LogP contribution < -0.4 is 10.5 Å². The molecule has 0 saturated heterocycles. The molecule has 1 aromatic carbocycles. The van der Waals surface area contributed by atoms with Crippen molar-refractivity contribution in [3.05, 3.63) is 28.7 Å². The summed E-state index contributed by atoms with van der Waals surface area (Å²) in [7, 11) is 0. The molecule has 1 aromatic rings. The Labute approximate surface area is 131 Å². The largest absolute Gasteiger partial charge is 0.494 e. The average molecular weight is 340 g/mol. The second-order valence-electron chi connectivity index (χ2n) is 6.92. The average Bonchev–Trinajstić information content (AvgIpc) is 2.43. The molecule has 1 aliphatic carbocycles. The summed E-state index contributed by atoms with van der Waals surface area (Å²) in [5.74, 6) is 0.941. The fourth-order valence-corrected chi connectivity index (χ4v) is 3.19. The molecule has 2 nitrogen and oxygen atoms in total. The molecule has 0 amide bonds. The van der Waals surface area contributed by atoms with Gasteiger partial charge in [0.05, 0.1) is 6.61 Å². The molecule has 0 unspecified atom stereocenters. The van der Waals surface area contributed by atoms with Gasteiger partial charge in [-0.25, -0.2) is 0 Å². The standard InChI is InChI=1S/C17H26BrNO/c1-16(2)7-9-17(13-19,10-8-16)11-12-20-15-5-3-14(18)4-6-15/h3-6H,7-13,19H2,1-2H3. The summed E-state index contributed by atoms with van der Waals surface area (Å²) in [6.07, 6.45) is 6.10. The molecule has 1 saturated carbocycles. The molecular weight excluding hydrogens is 314 g/mol. The minimum atomic E-state index is 0.297. The van der Waals surface area contributed by atoms with Gasteiger partial charge in [0, 0.05) is 4.47 Å². The maximum atomic E-state index is 6.06. The van der Waals surface area contributed by atoms with Gasteiger partial charge in [-0.2, -0.15) is 0 Å². The van der Waals surface area contributed by atoms with Crippen LogP contribution in [0.5, 0.6) is 5.75 Å². The number of hydrogen-bond acceptors (Lipinski definition) is 2. The van der Waals surface area contributed by atoms with Gasteiger partial charge in [-0.3, -0.25) is 0 Å². The van der Waals surface area contributed by atoms with Gasteiger partial charge in [0.25, 0.3) is 0 Å². The molecule has 0 radical (unpaired) electrons. The molecule has 2 rings (SSSR count). The molecule has 20 heavy (non-hydrogen) atoms. The Balaban J connectivity index is 1.84. The zero-order chi connectivity index (χ0) is 14.6. The Morgan fingerprint density at radius 3 is 2.25 bits per heavy atom. The monoisotopic (exact) mass is 339 g/mol. The van der Waals surface area contributed by atoms with Gasteiger partial charge in [0.2, 0.25) is 0 Å². The van der Waals surface area contributed by atoms with E-state index in [0.717, 1.165) is 29.8 Å². The van der Waals surface area contributed by atoms with Crippen LogP contribution in [-0.2, 0) is 0 Å². The van der Waals surface area contributed by atoms with Crippen LogP contribution in [0.15, 0.2) is 28.7 Å². The van der Waals surface area contributed by atoms with Gasteiger partial charge >= 0.3 is 0 Å². The van der Waals surface area contributed by atoms with Gasteiger partial charge in [0.1, 0.15) is 5.75 Å². The van der Waals surface area contributed by atoms with Crippen molar-refractivity contribution >= 4 is 15.9 Å². The molecule has 0 bridgehead atoms. The summed E-state index contributed by atoms with van der Waals surface area (Å²) in [5.41, 5.74) is 6.85. The molecular formula is C17H26BrNO. The van der Waals surface area contributed by atoms with Gasteiger partial charge < -0.3 is 10.5 Å². The Bertz CT molecular complexity index is 417. The molecule has 0 atom stereocenters. The van der Waals surface area contributed by atoms with E-state index in [1.165, 1.54) is 25.7 Å². The third-order valence-electron chi connectivity index (χ3n) is 4.81. The first-order valence-corrected chi connectivity index (χ1v) is 8.33. The lowest BCUT2D eigenvalue weighted by atomic mass is 9.64. The van der Waals surface area contributed by atoms with Crippen molar-refractivity contribution in [2.24, 2.45) is 16.6 Å². The van der Waals surface area contributed by atoms with E-state index in [9.17, 15) is 0 Å². The molecule has 1 aliphatic rings. The Hall–Kier alpha value is -0.540. The lowest BCUT2D eigenvalue weighted by molar-refractivity contribution is 0.0835. The predicted octanol–water partition coefficient (Wildman–Crippen LogP) is 4.76. The number of nitrogens with two attached hydrogens (primary N) is 1. The minimum Gasteiger partial charge on any atom is -0.494 e. The highest BCUT2D eigenvalue weighted by Crippen LogP contribution is 2.46. The Morgan fingerprint density at radius 2 is 1.70 bits per heavy atom.